The van der Waals surface area contributed by atoms with E-state index in [1.165, 1.54) is 6.07 Å². The molecular weight excluding hydrogens is 248 g/mol. The maximum absolute atomic E-state index is 13.0. The molecule has 5 heteroatoms. The summed E-state index contributed by atoms with van der Waals surface area (Å²) in [7, 11) is 0. The Kier molecular flexibility index (Phi) is 4.16. The summed E-state index contributed by atoms with van der Waals surface area (Å²) >= 11 is 0. The second-order valence-corrected chi connectivity index (χ2v) is 3.97. The maximum Gasteiger partial charge on any atom is 0.159 e. The van der Waals surface area contributed by atoms with Crippen LogP contribution in [0, 0.1) is 23.0 Å². The molecule has 2 rings (SSSR count). The van der Waals surface area contributed by atoms with Gasteiger partial charge in [0.2, 0.25) is 0 Å². The van der Waals surface area contributed by atoms with Crippen LogP contribution in [0.4, 0.5) is 8.78 Å². The normalized spacial score (nSPS) is 10.2. The van der Waals surface area contributed by atoms with Gasteiger partial charge in [0, 0.05) is 24.8 Å². The highest BCUT2D eigenvalue weighted by Crippen LogP contribution is 2.09. The monoisotopic (exact) mass is 259 g/mol. The fourth-order valence-electron chi connectivity index (χ4n) is 1.67. The average molecular weight is 259 g/mol. The molecule has 1 heterocycles. The molecule has 0 saturated heterocycles. The number of rotatable bonds is 4. The van der Waals surface area contributed by atoms with E-state index in [0.29, 0.717) is 24.3 Å². The van der Waals surface area contributed by atoms with Crippen molar-refractivity contribution in [2.24, 2.45) is 0 Å². The van der Waals surface area contributed by atoms with Gasteiger partial charge in [-0.3, -0.25) is 0 Å². The summed E-state index contributed by atoms with van der Waals surface area (Å²) in [5.41, 5.74) is 1.77. The molecule has 0 unspecified atom stereocenters. The summed E-state index contributed by atoms with van der Waals surface area (Å²) < 4.78 is 25.7. The molecule has 1 N–H and O–H groups in total. The van der Waals surface area contributed by atoms with Crippen LogP contribution >= 0.6 is 0 Å². The third kappa shape index (κ3) is 3.33. The van der Waals surface area contributed by atoms with Crippen LogP contribution in [0.5, 0.6) is 0 Å². The molecule has 96 valence electrons. The van der Waals surface area contributed by atoms with Crippen molar-refractivity contribution in [3.63, 3.8) is 0 Å². The number of nitrogens with one attached hydrogen (secondary N) is 1. The van der Waals surface area contributed by atoms with Crippen LogP contribution in [0.3, 0.4) is 0 Å². The lowest BCUT2D eigenvalue weighted by atomic mass is 10.2. The first kappa shape index (κ1) is 13.1. The molecule has 0 aliphatic carbocycles. The maximum atomic E-state index is 13.0. The van der Waals surface area contributed by atoms with Crippen molar-refractivity contribution >= 4 is 0 Å². The van der Waals surface area contributed by atoms with Crippen molar-refractivity contribution in [3.8, 4) is 6.07 Å². The predicted octanol–water partition coefficient (Wildman–Crippen LogP) is 2.52. The molecule has 0 amide bonds. The Morgan fingerprint density at radius 2 is 2.00 bits per heavy atom. The molecule has 0 aliphatic heterocycles. The molecule has 19 heavy (non-hydrogen) atoms. The van der Waals surface area contributed by atoms with E-state index in [2.05, 4.69) is 10.3 Å². The molecule has 0 saturated carbocycles. The molecule has 1 aromatic carbocycles. The molecule has 0 radical (unpaired) electrons. The number of nitrogens with zero attached hydrogens (tertiary/aromatic N) is 2. The van der Waals surface area contributed by atoms with E-state index >= 15 is 0 Å². The van der Waals surface area contributed by atoms with Crippen LogP contribution in [0.15, 0.2) is 36.5 Å². The third-order valence-electron chi connectivity index (χ3n) is 2.63. The summed E-state index contributed by atoms with van der Waals surface area (Å²) in [6, 6.07) is 9.30. The van der Waals surface area contributed by atoms with E-state index in [4.69, 9.17) is 5.26 Å². The summed E-state index contributed by atoms with van der Waals surface area (Å²) in [4.78, 5) is 3.94. The summed E-state index contributed by atoms with van der Waals surface area (Å²) in [6.45, 7) is 0.826. The SMILES string of the molecule is N#Cc1ncccc1CNCc1ccc(F)c(F)c1. The van der Waals surface area contributed by atoms with Gasteiger partial charge in [0.15, 0.2) is 11.6 Å². The highest BCUT2D eigenvalue weighted by atomic mass is 19.2. The zero-order valence-electron chi connectivity index (χ0n) is 10.0. The van der Waals surface area contributed by atoms with Crippen molar-refractivity contribution in [3.05, 3.63) is 65.0 Å². The molecule has 0 bridgehead atoms. The number of pyridine rings is 1. The standard InChI is InChI=1S/C14H11F2N3/c15-12-4-3-10(6-13(12)16)8-18-9-11-2-1-5-19-14(11)7-17/h1-6,18H,8-9H2. The van der Waals surface area contributed by atoms with E-state index in [9.17, 15) is 8.78 Å². The molecule has 0 aliphatic rings. The topological polar surface area (TPSA) is 48.7 Å². The lowest BCUT2D eigenvalue weighted by Gasteiger charge is -2.06. The lowest BCUT2D eigenvalue weighted by Crippen LogP contribution is -2.14. The molecule has 1 aromatic heterocycles. The van der Waals surface area contributed by atoms with E-state index in [-0.39, 0.29) is 0 Å². The van der Waals surface area contributed by atoms with Crippen LogP contribution in [0.25, 0.3) is 0 Å². The van der Waals surface area contributed by atoms with Crippen LogP contribution < -0.4 is 5.32 Å². The Morgan fingerprint density at radius 1 is 1.16 bits per heavy atom. The van der Waals surface area contributed by atoms with Gasteiger partial charge in [0.1, 0.15) is 11.8 Å². The quantitative estimate of drug-likeness (QED) is 0.917. The van der Waals surface area contributed by atoms with E-state index in [1.807, 2.05) is 6.07 Å². The Bertz CT molecular complexity index is 620. The first-order valence-corrected chi connectivity index (χ1v) is 5.69. The van der Waals surface area contributed by atoms with E-state index in [1.54, 1.807) is 18.3 Å². The fraction of sp³-hybridized carbons (Fsp3) is 0.143. The average Bonchev–Trinajstić information content (AvgIpc) is 2.43. The number of hydrogen-bond acceptors (Lipinski definition) is 3. The van der Waals surface area contributed by atoms with Crippen molar-refractivity contribution in [2.75, 3.05) is 0 Å². The van der Waals surface area contributed by atoms with Gasteiger partial charge in [-0.15, -0.1) is 0 Å². The molecule has 3 nitrogen and oxygen atoms in total. The van der Waals surface area contributed by atoms with Crippen molar-refractivity contribution in [1.29, 1.82) is 5.26 Å². The zero-order chi connectivity index (χ0) is 13.7. The van der Waals surface area contributed by atoms with Gasteiger partial charge in [0.05, 0.1) is 0 Å². The van der Waals surface area contributed by atoms with Gasteiger partial charge >= 0.3 is 0 Å². The molecule has 2 aromatic rings. The van der Waals surface area contributed by atoms with Crippen LogP contribution in [-0.2, 0) is 13.1 Å². The molecule has 0 atom stereocenters. The number of hydrogen-bond donors (Lipinski definition) is 1. The first-order valence-electron chi connectivity index (χ1n) is 5.69. The van der Waals surface area contributed by atoms with Crippen LogP contribution in [-0.4, -0.2) is 4.98 Å². The first-order chi connectivity index (χ1) is 9.20. The largest absolute Gasteiger partial charge is 0.309 e. The number of halogens is 2. The summed E-state index contributed by atoms with van der Waals surface area (Å²) in [6.07, 6.45) is 1.55. The second kappa shape index (κ2) is 6.03. The van der Waals surface area contributed by atoms with Gasteiger partial charge in [-0.05, 0) is 23.8 Å². The highest BCUT2D eigenvalue weighted by Gasteiger charge is 2.04. The minimum absolute atomic E-state index is 0.361. The Morgan fingerprint density at radius 3 is 2.74 bits per heavy atom. The predicted molar refractivity (Wildman–Crippen MR) is 65.9 cm³/mol. The minimum Gasteiger partial charge on any atom is -0.309 e. The third-order valence-corrected chi connectivity index (χ3v) is 2.63. The van der Waals surface area contributed by atoms with Crippen molar-refractivity contribution < 1.29 is 8.78 Å². The van der Waals surface area contributed by atoms with E-state index < -0.39 is 11.6 Å². The Hall–Kier alpha value is -2.32. The second-order valence-electron chi connectivity index (χ2n) is 3.97. The van der Waals surface area contributed by atoms with Gasteiger partial charge in [-0.1, -0.05) is 12.1 Å². The van der Waals surface area contributed by atoms with Gasteiger partial charge in [-0.25, -0.2) is 13.8 Å². The number of nitriles is 1. The Labute approximate surface area is 109 Å². The fourth-order valence-corrected chi connectivity index (χ4v) is 1.67. The summed E-state index contributed by atoms with van der Waals surface area (Å²) in [5, 5.41) is 11.9. The van der Waals surface area contributed by atoms with Gasteiger partial charge in [0.25, 0.3) is 0 Å². The van der Waals surface area contributed by atoms with Gasteiger partial charge in [-0.2, -0.15) is 5.26 Å². The Balaban J connectivity index is 1.97. The van der Waals surface area contributed by atoms with Crippen molar-refractivity contribution in [1.82, 2.24) is 10.3 Å². The van der Waals surface area contributed by atoms with Crippen LogP contribution in [0.1, 0.15) is 16.8 Å². The smallest absolute Gasteiger partial charge is 0.159 e. The number of aromatic nitrogens is 1. The van der Waals surface area contributed by atoms with Crippen LogP contribution in [0.2, 0.25) is 0 Å². The van der Waals surface area contributed by atoms with E-state index in [0.717, 1.165) is 17.7 Å². The number of benzene rings is 1. The van der Waals surface area contributed by atoms with Gasteiger partial charge < -0.3 is 5.32 Å². The zero-order valence-corrected chi connectivity index (χ0v) is 10.0. The minimum atomic E-state index is -0.863. The molecule has 0 fully saturated rings. The summed E-state index contributed by atoms with van der Waals surface area (Å²) in [5.74, 6) is -1.72. The lowest BCUT2D eigenvalue weighted by molar-refractivity contribution is 0.506. The van der Waals surface area contributed by atoms with Crippen molar-refractivity contribution in [2.45, 2.75) is 13.1 Å². The highest BCUT2D eigenvalue weighted by molar-refractivity contribution is 5.30. The molecular formula is C14H11F2N3. The molecule has 0 spiro atoms.